The predicted octanol–water partition coefficient (Wildman–Crippen LogP) is 2.66. The second kappa shape index (κ2) is 4.66. The number of hydrogen-bond donors (Lipinski definition) is 1. The maximum absolute atomic E-state index is 5.30. The summed E-state index contributed by atoms with van der Waals surface area (Å²) >= 11 is 0. The Labute approximate surface area is 88.7 Å². The number of aromatic nitrogens is 1. The van der Waals surface area contributed by atoms with E-state index in [1.807, 2.05) is 42.7 Å². The van der Waals surface area contributed by atoms with E-state index in [1.54, 1.807) is 7.11 Å². The van der Waals surface area contributed by atoms with Gasteiger partial charge >= 0.3 is 0 Å². The molecule has 1 aromatic heterocycles. The molecule has 15 heavy (non-hydrogen) atoms. The summed E-state index contributed by atoms with van der Waals surface area (Å²) in [5, 5.41) is 0. The van der Waals surface area contributed by atoms with Gasteiger partial charge in [-0.2, -0.15) is 0 Å². The van der Waals surface area contributed by atoms with E-state index in [1.165, 1.54) is 11.1 Å². The number of rotatable bonds is 4. The van der Waals surface area contributed by atoms with Crippen molar-refractivity contribution in [2.24, 2.45) is 0 Å². The Balaban J connectivity index is 2.11. The van der Waals surface area contributed by atoms with Crippen molar-refractivity contribution >= 4 is 0 Å². The standard InChI is InChI=1S/C12H13NO2/c1-14-9-15-12-4-2-10(3-5-12)11-6-7-13-8-11/h2-8,13H,9H2,1H3. The molecule has 0 aliphatic carbocycles. The quantitative estimate of drug-likeness (QED) is 0.775. The zero-order valence-electron chi connectivity index (χ0n) is 8.57. The lowest BCUT2D eigenvalue weighted by Crippen LogP contribution is -1.98. The van der Waals surface area contributed by atoms with E-state index in [4.69, 9.17) is 9.47 Å². The first-order valence-electron chi connectivity index (χ1n) is 4.75. The van der Waals surface area contributed by atoms with Crippen molar-refractivity contribution in [1.82, 2.24) is 4.98 Å². The van der Waals surface area contributed by atoms with E-state index in [0.717, 1.165) is 5.75 Å². The highest BCUT2D eigenvalue weighted by Crippen LogP contribution is 2.21. The van der Waals surface area contributed by atoms with Crippen molar-refractivity contribution in [3.05, 3.63) is 42.7 Å². The van der Waals surface area contributed by atoms with Crippen LogP contribution in [0.1, 0.15) is 0 Å². The molecule has 1 N–H and O–H groups in total. The second-order valence-electron chi connectivity index (χ2n) is 3.17. The zero-order chi connectivity index (χ0) is 10.5. The fourth-order valence-corrected chi connectivity index (χ4v) is 1.37. The summed E-state index contributed by atoms with van der Waals surface area (Å²) in [6, 6.07) is 9.94. The molecular weight excluding hydrogens is 190 g/mol. The van der Waals surface area contributed by atoms with Crippen LogP contribution in [0.25, 0.3) is 11.1 Å². The molecule has 0 aliphatic rings. The first-order valence-corrected chi connectivity index (χ1v) is 4.75. The van der Waals surface area contributed by atoms with Crippen molar-refractivity contribution in [2.75, 3.05) is 13.9 Å². The van der Waals surface area contributed by atoms with Crippen LogP contribution in [-0.4, -0.2) is 18.9 Å². The highest BCUT2D eigenvalue weighted by molar-refractivity contribution is 5.63. The van der Waals surface area contributed by atoms with Crippen LogP contribution in [0.3, 0.4) is 0 Å². The molecule has 1 heterocycles. The average molecular weight is 203 g/mol. The Morgan fingerprint density at radius 2 is 1.87 bits per heavy atom. The minimum absolute atomic E-state index is 0.281. The number of hydrogen-bond acceptors (Lipinski definition) is 2. The van der Waals surface area contributed by atoms with Gasteiger partial charge in [-0.1, -0.05) is 12.1 Å². The van der Waals surface area contributed by atoms with E-state index in [9.17, 15) is 0 Å². The van der Waals surface area contributed by atoms with Gasteiger partial charge in [0.2, 0.25) is 0 Å². The number of aromatic amines is 1. The van der Waals surface area contributed by atoms with Gasteiger partial charge < -0.3 is 14.5 Å². The van der Waals surface area contributed by atoms with Crippen molar-refractivity contribution in [3.63, 3.8) is 0 Å². The van der Waals surface area contributed by atoms with Crippen LogP contribution >= 0.6 is 0 Å². The number of H-pyrrole nitrogens is 1. The largest absolute Gasteiger partial charge is 0.468 e. The lowest BCUT2D eigenvalue weighted by molar-refractivity contribution is 0.0511. The molecule has 0 fully saturated rings. The van der Waals surface area contributed by atoms with Crippen LogP contribution in [0.5, 0.6) is 5.75 Å². The third-order valence-electron chi connectivity index (χ3n) is 2.13. The minimum atomic E-state index is 0.281. The molecule has 0 bridgehead atoms. The molecule has 0 aliphatic heterocycles. The van der Waals surface area contributed by atoms with Crippen molar-refractivity contribution in [2.45, 2.75) is 0 Å². The molecule has 2 rings (SSSR count). The smallest absolute Gasteiger partial charge is 0.188 e. The lowest BCUT2D eigenvalue weighted by Gasteiger charge is -2.04. The van der Waals surface area contributed by atoms with E-state index < -0.39 is 0 Å². The van der Waals surface area contributed by atoms with Crippen LogP contribution in [0.2, 0.25) is 0 Å². The molecule has 0 unspecified atom stereocenters. The van der Waals surface area contributed by atoms with Crippen molar-refractivity contribution < 1.29 is 9.47 Å². The molecule has 0 spiro atoms. The second-order valence-corrected chi connectivity index (χ2v) is 3.17. The van der Waals surface area contributed by atoms with Crippen LogP contribution in [0.15, 0.2) is 42.7 Å². The molecular formula is C12H13NO2. The maximum atomic E-state index is 5.30. The fourth-order valence-electron chi connectivity index (χ4n) is 1.37. The van der Waals surface area contributed by atoms with E-state index >= 15 is 0 Å². The monoisotopic (exact) mass is 203 g/mol. The van der Waals surface area contributed by atoms with Gasteiger partial charge in [-0.3, -0.25) is 0 Å². The van der Waals surface area contributed by atoms with Gasteiger partial charge in [0, 0.05) is 19.5 Å². The number of nitrogens with one attached hydrogen (secondary N) is 1. The SMILES string of the molecule is COCOc1ccc(-c2cc[nH]c2)cc1. The van der Waals surface area contributed by atoms with Gasteiger partial charge in [-0.05, 0) is 29.3 Å². The molecule has 3 nitrogen and oxygen atoms in total. The topological polar surface area (TPSA) is 34.2 Å². The molecule has 0 atom stereocenters. The summed E-state index contributed by atoms with van der Waals surface area (Å²) in [5.74, 6) is 0.816. The normalized spacial score (nSPS) is 10.2. The van der Waals surface area contributed by atoms with Gasteiger partial charge in [0.15, 0.2) is 6.79 Å². The van der Waals surface area contributed by atoms with Crippen molar-refractivity contribution in [3.8, 4) is 16.9 Å². The first kappa shape index (κ1) is 9.80. The van der Waals surface area contributed by atoms with Gasteiger partial charge in [0.25, 0.3) is 0 Å². The zero-order valence-corrected chi connectivity index (χ0v) is 8.57. The maximum Gasteiger partial charge on any atom is 0.188 e. The van der Waals surface area contributed by atoms with Gasteiger partial charge in [-0.15, -0.1) is 0 Å². The minimum Gasteiger partial charge on any atom is -0.468 e. The Morgan fingerprint density at radius 3 is 2.47 bits per heavy atom. The Bertz CT molecular complexity index is 392. The molecule has 0 saturated heterocycles. The summed E-state index contributed by atoms with van der Waals surface area (Å²) < 4.78 is 10.1. The van der Waals surface area contributed by atoms with Crippen LogP contribution in [0.4, 0.5) is 0 Å². The van der Waals surface area contributed by atoms with E-state index in [0.29, 0.717) is 0 Å². The molecule has 78 valence electrons. The molecule has 0 radical (unpaired) electrons. The van der Waals surface area contributed by atoms with E-state index in [2.05, 4.69) is 4.98 Å². The Hall–Kier alpha value is -1.74. The molecule has 2 aromatic rings. The third-order valence-corrected chi connectivity index (χ3v) is 2.13. The third kappa shape index (κ3) is 2.39. The van der Waals surface area contributed by atoms with Crippen LogP contribution in [0, 0.1) is 0 Å². The van der Waals surface area contributed by atoms with Gasteiger partial charge in [-0.25, -0.2) is 0 Å². The number of ether oxygens (including phenoxy) is 2. The molecule has 0 amide bonds. The van der Waals surface area contributed by atoms with Crippen LogP contribution < -0.4 is 4.74 Å². The van der Waals surface area contributed by atoms with E-state index in [-0.39, 0.29) is 6.79 Å². The average Bonchev–Trinajstić information content (AvgIpc) is 2.80. The summed E-state index contributed by atoms with van der Waals surface area (Å²) in [6.45, 7) is 0.281. The Kier molecular flexibility index (Phi) is 3.05. The molecule has 3 heteroatoms. The summed E-state index contributed by atoms with van der Waals surface area (Å²) in [5.41, 5.74) is 2.34. The van der Waals surface area contributed by atoms with Gasteiger partial charge in [0.1, 0.15) is 5.75 Å². The highest BCUT2D eigenvalue weighted by Gasteiger charge is 1.98. The lowest BCUT2D eigenvalue weighted by atomic mass is 10.1. The summed E-state index contributed by atoms with van der Waals surface area (Å²) in [6.07, 6.45) is 3.87. The number of benzene rings is 1. The Morgan fingerprint density at radius 1 is 1.07 bits per heavy atom. The predicted molar refractivity (Wildman–Crippen MR) is 58.7 cm³/mol. The summed E-state index contributed by atoms with van der Waals surface area (Å²) in [7, 11) is 1.61. The van der Waals surface area contributed by atoms with Crippen LogP contribution in [-0.2, 0) is 4.74 Å². The molecule has 1 aromatic carbocycles. The fraction of sp³-hybridized carbons (Fsp3) is 0.167. The first-order chi connectivity index (χ1) is 7.40. The number of methoxy groups -OCH3 is 1. The molecule has 0 saturated carbocycles. The van der Waals surface area contributed by atoms with Gasteiger partial charge in [0.05, 0.1) is 0 Å². The summed E-state index contributed by atoms with van der Waals surface area (Å²) in [4.78, 5) is 3.03. The van der Waals surface area contributed by atoms with Crippen molar-refractivity contribution in [1.29, 1.82) is 0 Å². The highest BCUT2D eigenvalue weighted by atomic mass is 16.7.